The molecule has 0 spiro atoms. The third-order valence-corrected chi connectivity index (χ3v) is 3.89. The van der Waals surface area contributed by atoms with Crippen molar-refractivity contribution in [1.29, 1.82) is 0 Å². The van der Waals surface area contributed by atoms with E-state index in [1.807, 2.05) is 7.05 Å². The van der Waals surface area contributed by atoms with Gasteiger partial charge in [0, 0.05) is 5.54 Å². The number of hydrogen-bond acceptors (Lipinski definition) is 2. The van der Waals surface area contributed by atoms with E-state index in [-0.39, 0.29) is 11.4 Å². The molecule has 2 rings (SSSR count). The smallest absolute Gasteiger partial charge is 0.231 e. The van der Waals surface area contributed by atoms with Gasteiger partial charge in [-0.3, -0.25) is 9.69 Å². The third kappa shape index (κ3) is 2.20. The lowest BCUT2D eigenvalue weighted by Gasteiger charge is -2.49. The maximum Gasteiger partial charge on any atom is 0.231 e. The van der Waals surface area contributed by atoms with Gasteiger partial charge in [-0.2, -0.15) is 0 Å². The second kappa shape index (κ2) is 4.49. The molecule has 17 heavy (non-hydrogen) atoms. The van der Waals surface area contributed by atoms with Crippen LogP contribution in [-0.2, 0) is 10.3 Å². The molecule has 1 aromatic carbocycles. The Morgan fingerprint density at radius 1 is 1.35 bits per heavy atom. The molecule has 0 heterocycles. The van der Waals surface area contributed by atoms with Crippen LogP contribution >= 0.6 is 0 Å². The Morgan fingerprint density at radius 2 is 1.94 bits per heavy atom. The maximum absolute atomic E-state index is 11.1. The van der Waals surface area contributed by atoms with Crippen LogP contribution in [0.15, 0.2) is 24.3 Å². The number of likely N-dealkylation sites (N-methyl/N-ethyl adjacent to an activating group) is 1. The van der Waals surface area contributed by atoms with E-state index in [9.17, 15) is 4.79 Å². The Labute approximate surface area is 103 Å². The van der Waals surface area contributed by atoms with Crippen molar-refractivity contribution < 1.29 is 4.79 Å². The van der Waals surface area contributed by atoms with Crippen molar-refractivity contribution in [2.24, 2.45) is 5.73 Å². The van der Waals surface area contributed by atoms with E-state index < -0.39 is 0 Å². The van der Waals surface area contributed by atoms with Gasteiger partial charge in [0.05, 0.1) is 6.54 Å². The number of benzene rings is 1. The summed E-state index contributed by atoms with van der Waals surface area (Å²) in [5.74, 6) is -0.258. The van der Waals surface area contributed by atoms with Gasteiger partial charge >= 0.3 is 0 Å². The second-order valence-electron chi connectivity index (χ2n) is 5.07. The van der Waals surface area contributed by atoms with Crippen LogP contribution in [0.4, 0.5) is 0 Å². The van der Waals surface area contributed by atoms with Gasteiger partial charge < -0.3 is 5.73 Å². The second-order valence-corrected chi connectivity index (χ2v) is 5.07. The van der Waals surface area contributed by atoms with E-state index in [1.165, 1.54) is 17.5 Å². The molecule has 1 fully saturated rings. The minimum atomic E-state index is -0.258. The summed E-state index contributed by atoms with van der Waals surface area (Å²) in [6.45, 7) is 2.41. The first-order valence-corrected chi connectivity index (χ1v) is 6.11. The first-order chi connectivity index (χ1) is 8.04. The van der Waals surface area contributed by atoms with Gasteiger partial charge in [0.15, 0.2) is 0 Å². The number of nitrogens with two attached hydrogens (primary N) is 1. The predicted octanol–water partition coefficient (Wildman–Crippen LogP) is 1.79. The predicted molar refractivity (Wildman–Crippen MR) is 68.5 cm³/mol. The topological polar surface area (TPSA) is 46.3 Å². The molecule has 1 aliphatic carbocycles. The van der Waals surface area contributed by atoms with Crippen LogP contribution in [0.3, 0.4) is 0 Å². The zero-order valence-corrected chi connectivity index (χ0v) is 10.6. The molecule has 0 bridgehead atoms. The summed E-state index contributed by atoms with van der Waals surface area (Å²) in [5.41, 5.74) is 7.89. The number of aryl methyl sites for hydroxylation is 1. The number of carbonyl (C=O) groups excluding carboxylic acids is 1. The Kier molecular flexibility index (Phi) is 3.20. The lowest BCUT2D eigenvalue weighted by molar-refractivity contribution is -0.121. The van der Waals surface area contributed by atoms with Crippen LogP contribution in [0, 0.1) is 6.92 Å². The molecule has 0 aliphatic heterocycles. The van der Waals surface area contributed by atoms with Crippen LogP contribution in [0.5, 0.6) is 0 Å². The quantitative estimate of drug-likeness (QED) is 0.860. The molecule has 1 aliphatic rings. The molecule has 0 atom stereocenters. The minimum absolute atomic E-state index is 0.0305. The van der Waals surface area contributed by atoms with Crippen molar-refractivity contribution >= 4 is 5.91 Å². The lowest BCUT2D eigenvalue weighted by Crippen LogP contribution is -2.51. The van der Waals surface area contributed by atoms with Crippen molar-refractivity contribution in [3.8, 4) is 0 Å². The summed E-state index contributed by atoms with van der Waals surface area (Å²) in [6, 6.07) is 8.61. The molecule has 92 valence electrons. The number of carbonyl (C=O) groups is 1. The van der Waals surface area contributed by atoms with Gasteiger partial charge in [-0.05, 0) is 38.8 Å². The normalized spacial score (nSPS) is 17.8. The Bertz CT molecular complexity index is 407. The molecule has 3 heteroatoms. The lowest BCUT2D eigenvalue weighted by atomic mass is 9.70. The molecule has 1 amide bonds. The molecule has 0 aromatic heterocycles. The van der Waals surface area contributed by atoms with Gasteiger partial charge in [0.1, 0.15) is 0 Å². The van der Waals surface area contributed by atoms with Crippen molar-refractivity contribution in [3.05, 3.63) is 35.4 Å². The van der Waals surface area contributed by atoms with Gasteiger partial charge in [-0.15, -0.1) is 0 Å². The molecule has 2 N–H and O–H groups in total. The number of hydrogen-bond donors (Lipinski definition) is 1. The number of amides is 1. The summed E-state index contributed by atoms with van der Waals surface area (Å²) in [5, 5.41) is 0. The standard InChI is InChI=1S/C14H20N2O/c1-11-4-6-12(7-5-11)14(8-3-9-14)16(2)10-13(15)17/h4-7H,3,8-10H2,1-2H3,(H2,15,17). The highest BCUT2D eigenvalue weighted by Crippen LogP contribution is 2.45. The highest BCUT2D eigenvalue weighted by atomic mass is 16.1. The molecule has 0 unspecified atom stereocenters. The fraction of sp³-hybridized carbons (Fsp3) is 0.500. The zero-order chi connectivity index (χ0) is 12.5. The zero-order valence-electron chi connectivity index (χ0n) is 10.6. The van der Waals surface area contributed by atoms with Crippen LogP contribution in [0.2, 0.25) is 0 Å². The van der Waals surface area contributed by atoms with Crippen molar-refractivity contribution in [2.75, 3.05) is 13.6 Å². The maximum atomic E-state index is 11.1. The first kappa shape index (κ1) is 12.1. The number of rotatable bonds is 4. The fourth-order valence-electron chi connectivity index (χ4n) is 2.65. The van der Waals surface area contributed by atoms with Crippen molar-refractivity contribution in [3.63, 3.8) is 0 Å². The fourth-order valence-corrected chi connectivity index (χ4v) is 2.65. The Morgan fingerprint density at radius 3 is 2.35 bits per heavy atom. The summed E-state index contributed by atoms with van der Waals surface area (Å²) in [4.78, 5) is 13.2. The number of nitrogens with zero attached hydrogens (tertiary/aromatic N) is 1. The molecule has 0 saturated heterocycles. The summed E-state index contributed by atoms with van der Waals surface area (Å²) < 4.78 is 0. The van der Waals surface area contributed by atoms with E-state index in [2.05, 4.69) is 36.1 Å². The monoisotopic (exact) mass is 232 g/mol. The van der Waals surface area contributed by atoms with Crippen LogP contribution in [0.1, 0.15) is 30.4 Å². The molecular formula is C14H20N2O. The average molecular weight is 232 g/mol. The highest BCUT2D eigenvalue weighted by molar-refractivity contribution is 5.76. The molecular weight excluding hydrogens is 212 g/mol. The Hall–Kier alpha value is -1.35. The minimum Gasteiger partial charge on any atom is -0.369 e. The summed E-state index contributed by atoms with van der Waals surface area (Å²) in [6.07, 6.45) is 3.44. The van der Waals surface area contributed by atoms with Gasteiger partial charge in [-0.1, -0.05) is 29.8 Å². The van der Waals surface area contributed by atoms with Crippen LogP contribution in [-0.4, -0.2) is 24.4 Å². The van der Waals surface area contributed by atoms with E-state index >= 15 is 0 Å². The van der Waals surface area contributed by atoms with Gasteiger partial charge in [0.25, 0.3) is 0 Å². The highest BCUT2D eigenvalue weighted by Gasteiger charge is 2.42. The summed E-state index contributed by atoms with van der Waals surface area (Å²) >= 11 is 0. The average Bonchev–Trinajstić information content (AvgIpc) is 2.18. The number of primary amides is 1. The summed E-state index contributed by atoms with van der Waals surface area (Å²) in [7, 11) is 1.99. The largest absolute Gasteiger partial charge is 0.369 e. The molecule has 3 nitrogen and oxygen atoms in total. The Balaban J connectivity index is 2.24. The van der Waals surface area contributed by atoms with Crippen LogP contribution in [0.25, 0.3) is 0 Å². The SMILES string of the molecule is Cc1ccc(C2(N(C)CC(N)=O)CCC2)cc1. The molecule has 1 aromatic rings. The molecule has 1 saturated carbocycles. The third-order valence-electron chi connectivity index (χ3n) is 3.89. The van der Waals surface area contributed by atoms with Crippen molar-refractivity contribution in [1.82, 2.24) is 4.90 Å². The van der Waals surface area contributed by atoms with Gasteiger partial charge in [-0.25, -0.2) is 0 Å². The first-order valence-electron chi connectivity index (χ1n) is 6.11. The molecule has 0 radical (unpaired) electrons. The van der Waals surface area contributed by atoms with Gasteiger partial charge in [0.2, 0.25) is 5.91 Å². The van der Waals surface area contributed by atoms with E-state index in [0.29, 0.717) is 6.54 Å². The van der Waals surface area contributed by atoms with Crippen LogP contribution < -0.4 is 5.73 Å². The van der Waals surface area contributed by atoms with E-state index in [4.69, 9.17) is 5.73 Å². The van der Waals surface area contributed by atoms with E-state index in [1.54, 1.807) is 0 Å². The van der Waals surface area contributed by atoms with Crippen molar-refractivity contribution in [2.45, 2.75) is 31.7 Å². The van der Waals surface area contributed by atoms with E-state index in [0.717, 1.165) is 12.8 Å².